The maximum Gasteiger partial charge on any atom is 0.408 e. The predicted molar refractivity (Wildman–Crippen MR) is 169 cm³/mol. The first-order valence-electron chi connectivity index (χ1n) is 14.6. The van der Waals surface area contributed by atoms with Crippen molar-refractivity contribution < 1.29 is 32.6 Å². The van der Waals surface area contributed by atoms with Gasteiger partial charge in [0.25, 0.3) is 5.91 Å². The molecule has 0 fully saturated rings. The zero-order chi connectivity index (χ0) is 34.4. The first-order chi connectivity index (χ1) is 20.4. The zero-order valence-corrected chi connectivity index (χ0v) is 28.3. The number of amides is 3. The van der Waals surface area contributed by atoms with E-state index < -0.39 is 40.7 Å². The average Bonchev–Trinajstić information content (AvgIpc) is 2.90. The van der Waals surface area contributed by atoms with Crippen LogP contribution in [0, 0.1) is 11.6 Å². The van der Waals surface area contributed by atoms with Crippen molar-refractivity contribution >= 4 is 17.9 Å². The second-order valence-corrected chi connectivity index (χ2v) is 11.2. The van der Waals surface area contributed by atoms with Gasteiger partial charge in [-0.2, -0.15) is 0 Å². The van der Waals surface area contributed by atoms with Crippen LogP contribution in [-0.4, -0.2) is 33.9 Å². The van der Waals surface area contributed by atoms with Gasteiger partial charge in [-0.05, 0) is 84.7 Å². The number of alkyl carbamates (subject to hydrolysis) is 1. The Morgan fingerprint density at radius 3 is 2.00 bits per heavy atom. The van der Waals surface area contributed by atoms with Crippen LogP contribution in [0.25, 0.3) is 0 Å². The van der Waals surface area contributed by atoms with E-state index in [2.05, 4.69) is 22.7 Å². The van der Waals surface area contributed by atoms with Crippen LogP contribution in [0.5, 0.6) is 0 Å². The summed E-state index contributed by atoms with van der Waals surface area (Å²) in [5.74, 6) is -2.46. The molecule has 11 heteroatoms. The highest BCUT2D eigenvalue weighted by molar-refractivity contribution is 5.95. The highest BCUT2D eigenvalue weighted by Gasteiger charge is 2.29. The lowest BCUT2D eigenvalue weighted by atomic mass is 10.0. The van der Waals surface area contributed by atoms with Gasteiger partial charge in [0.05, 0.1) is 17.7 Å². The topological polar surface area (TPSA) is 109 Å². The molecule has 3 amide bonds. The zero-order valence-electron chi connectivity index (χ0n) is 28.3. The third-order valence-corrected chi connectivity index (χ3v) is 5.39. The number of rotatable bonds is 8. The standard InChI is InChI=1S/C29H38F2N4O5.2C2H6/c1-17(2)25(26(37)34-33-24(36)14-29(8,9)32-27(38)40-28(5,6)7)35-15-18(3)13-23(19(35)4)39-16-20-21(30)11-10-12-22(20)31;2*1-2/h10-13,15H,4,14,16H2,1-3,5-9H3,(H,32,38)(H,33,36)(H,34,37);2*1-2H3. The first kappa shape index (κ1) is 39.8. The molecule has 0 radical (unpaired) electrons. The number of allylic oxidation sites excluding steroid dienone is 3. The summed E-state index contributed by atoms with van der Waals surface area (Å²) in [5.41, 5.74) is 4.53. The minimum atomic E-state index is -0.966. The summed E-state index contributed by atoms with van der Waals surface area (Å²) in [6, 6.07) is 3.54. The van der Waals surface area contributed by atoms with Gasteiger partial charge in [0.1, 0.15) is 35.3 Å². The van der Waals surface area contributed by atoms with Crippen LogP contribution in [0.1, 0.15) is 95.1 Å². The van der Waals surface area contributed by atoms with E-state index in [9.17, 15) is 23.2 Å². The summed E-state index contributed by atoms with van der Waals surface area (Å²) in [7, 11) is 0. The molecule has 246 valence electrons. The molecule has 0 aliphatic carbocycles. The predicted octanol–water partition coefficient (Wildman–Crippen LogP) is 7.29. The van der Waals surface area contributed by atoms with Crippen LogP contribution in [0.3, 0.4) is 0 Å². The average molecular weight is 621 g/mol. The fourth-order valence-electron chi connectivity index (χ4n) is 3.70. The maximum atomic E-state index is 14.1. The van der Waals surface area contributed by atoms with Gasteiger partial charge in [-0.15, -0.1) is 0 Å². The molecule has 0 aromatic heterocycles. The third-order valence-electron chi connectivity index (χ3n) is 5.39. The molecule has 0 saturated carbocycles. The molecule has 1 heterocycles. The Morgan fingerprint density at radius 2 is 1.50 bits per heavy atom. The van der Waals surface area contributed by atoms with E-state index >= 15 is 0 Å². The number of nitrogens with one attached hydrogen (secondary N) is 3. The van der Waals surface area contributed by atoms with Crippen LogP contribution in [0.4, 0.5) is 13.6 Å². The first-order valence-corrected chi connectivity index (χ1v) is 14.6. The van der Waals surface area contributed by atoms with Gasteiger partial charge in [0, 0.05) is 11.7 Å². The van der Waals surface area contributed by atoms with E-state index in [0.29, 0.717) is 11.1 Å². The van der Waals surface area contributed by atoms with Gasteiger partial charge in [0.2, 0.25) is 5.91 Å². The molecule has 0 bridgehead atoms. The van der Waals surface area contributed by atoms with Gasteiger partial charge in [-0.3, -0.25) is 20.4 Å². The van der Waals surface area contributed by atoms with Crippen LogP contribution in [0.15, 0.2) is 65.4 Å². The van der Waals surface area contributed by atoms with Crippen molar-refractivity contribution in [2.24, 2.45) is 0 Å². The second kappa shape index (κ2) is 17.8. The van der Waals surface area contributed by atoms with E-state index in [-0.39, 0.29) is 35.7 Å². The molecule has 1 aromatic carbocycles. The Morgan fingerprint density at radius 1 is 0.955 bits per heavy atom. The molecular weight excluding hydrogens is 570 g/mol. The molecule has 3 N–H and O–H groups in total. The van der Waals surface area contributed by atoms with Crippen molar-refractivity contribution in [2.45, 2.75) is 107 Å². The lowest BCUT2D eigenvalue weighted by Crippen LogP contribution is -2.51. The lowest BCUT2D eigenvalue weighted by Gasteiger charge is -2.31. The molecule has 1 aliphatic heterocycles. The summed E-state index contributed by atoms with van der Waals surface area (Å²) in [6.45, 7) is 25.2. The van der Waals surface area contributed by atoms with Gasteiger partial charge in [0.15, 0.2) is 0 Å². The normalized spacial score (nSPS) is 12.6. The van der Waals surface area contributed by atoms with E-state index in [4.69, 9.17) is 9.47 Å². The second-order valence-electron chi connectivity index (χ2n) is 11.2. The Labute approximate surface area is 261 Å². The SMILES string of the molecule is C=C1C(OCc2c(F)cccc2F)=CC(C)=CN1C(C(=O)NNC(=O)CC(C)(C)NC(=O)OC(C)(C)C)=C(C)C.CC.CC. The summed E-state index contributed by atoms with van der Waals surface area (Å²) < 4.78 is 39.1. The van der Waals surface area contributed by atoms with Crippen molar-refractivity contribution in [3.8, 4) is 0 Å². The Bertz CT molecular complexity index is 1250. The summed E-state index contributed by atoms with van der Waals surface area (Å²) in [6.07, 6.45) is 2.46. The molecule has 0 spiro atoms. The monoisotopic (exact) mass is 620 g/mol. The molecule has 0 unspecified atom stereocenters. The molecule has 0 atom stereocenters. The van der Waals surface area contributed by atoms with Gasteiger partial charge >= 0.3 is 6.09 Å². The van der Waals surface area contributed by atoms with Crippen LogP contribution in [-0.2, 0) is 25.7 Å². The van der Waals surface area contributed by atoms with Crippen molar-refractivity contribution in [1.29, 1.82) is 0 Å². The lowest BCUT2D eigenvalue weighted by molar-refractivity contribution is -0.128. The molecule has 2 rings (SSSR count). The number of nitrogens with zero attached hydrogens (tertiary/aromatic N) is 1. The number of hydrogen-bond donors (Lipinski definition) is 3. The van der Waals surface area contributed by atoms with Crippen molar-refractivity contribution in [1.82, 2.24) is 21.1 Å². The number of hydrazine groups is 1. The highest BCUT2D eigenvalue weighted by Crippen LogP contribution is 2.30. The van der Waals surface area contributed by atoms with Gasteiger partial charge in [-0.25, -0.2) is 13.6 Å². The number of halogens is 2. The summed E-state index contributed by atoms with van der Waals surface area (Å²) in [4.78, 5) is 39.3. The Kier molecular flexibility index (Phi) is 16.2. The van der Waals surface area contributed by atoms with Crippen LogP contribution in [0.2, 0.25) is 0 Å². The molecule has 9 nitrogen and oxygen atoms in total. The number of carbonyl (C=O) groups excluding carboxylic acids is 3. The van der Waals surface area contributed by atoms with E-state index in [0.717, 1.165) is 12.1 Å². The van der Waals surface area contributed by atoms with Gasteiger partial charge < -0.3 is 19.7 Å². The fourth-order valence-corrected chi connectivity index (χ4v) is 3.70. The van der Waals surface area contributed by atoms with E-state index in [1.54, 1.807) is 67.7 Å². The smallest absolute Gasteiger partial charge is 0.408 e. The highest BCUT2D eigenvalue weighted by atomic mass is 19.1. The molecule has 1 aliphatic rings. The van der Waals surface area contributed by atoms with Crippen LogP contribution >= 0.6 is 0 Å². The summed E-state index contributed by atoms with van der Waals surface area (Å²) >= 11 is 0. The van der Waals surface area contributed by atoms with Gasteiger partial charge in [-0.1, -0.05) is 40.3 Å². The number of ether oxygens (including phenoxy) is 2. The molecular formula is C33H50F2N4O5. The molecule has 0 saturated heterocycles. The van der Waals surface area contributed by atoms with E-state index in [1.165, 1.54) is 11.0 Å². The largest absolute Gasteiger partial charge is 0.486 e. The minimum Gasteiger partial charge on any atom is -0.486 e. The number of carbonyl (C=O) groups is 3. The quantitative estimate of drug-likeness (QED) is 0.208. The molecule has 1 aromatic rings. The van der Waals surface area contributed by atoms with Crippen molar-refractivity contribution in [2.75, 3.05) is 0 Å². The van der Waals surface area contributed by atoms with E-state index in [1.807, 2.05) is 27.7 Å². The number of hydrogen-bond acceptors (Lipinski definition) is 6. The Balaban J connectivity index is 0.00000443. The Hall–Kier alpha value is -4.15. The minimum absolute atomic E-state index is 0.153. The molecule has 44 heavy (non-hydrogen) atoms. The maximum absolute atomic E-state index is 14.1. The van der Waals surface area contributed by atoms with Crippen molar-refractivity contribution in [3.05, 3.63) is 82.6 Å². The van der Waals surface area contributed by atoms with Crippen LogP contribution < -0.4 is 16.2 Å². The summed E-state index contributed by atoms with van der Waals surface area (Å²) in [5, 5.41) is 2.63. The fraction of sp³-hybridized carbons (Fsp3) is 0.485. The number of benzene rings is 1. The van der Waals surface area contributed by atoms with Crippen molar-refractivity contribution in [3.63, 3.8) is 0 Å². The third kappa shape index (κ3) is 13.0.